The van der Waals surface area contributed by atoms with E-state index in [0.717, 1.165) is 37.1 Å². The summed E-state index contributed by atoms with van der Waals surface area (Å²) in [6.07, 6.45) is 3.68. The van der Waals surface area contributed by atoms with Gasteiger partial charge in [0.1, 0.15) is 4.99 Å². The van der Waals surface area contributed by atoms with Gasteiger partial charge in [0.05, 0.1) is 0 Å². The van der Waals surface area contributed by atoms with E-state index in [-0.39, 0.29) is 5.91 Å². The molecule has 0 heterocycles. The number of benzene rings is 1. The number of carbonyl (C=O) groups excluding carboxylic acids is 1. The van der Waals surface area contributed by atoms with Crippen LogP contribution in [0.2, 0.25) is 0 Å². The SMILES string of the molecule is NC(=S)c1ccc(NCCCC(=O)NC2CC2)cc1. The van der Waals surface area contributed by atoms with Crippen LogP contribution < -0.4 is 16.4 Å². The zero-order valence-corrected chi connectivity index (χ0v) is 11.6. The van der Waals surface area contributed by atoms with Crippen LogP contribution >= 0.6 is 12.2 Å². The largest absolute Gasteiger partial charge is 0.389 e. The quantitative estimate of drug-likeness (QED) is 0.525. The average molecular weight is 277 g/mol. The highest BCUT2D eigenvalue weighted by Crippen LogP contribution is 2.18. The third kappa shape index (κ3) is 4.87. The Balaban J connectivity index is 1.64. The molecule has 0 aromatic heterocycles. The lowest BCUT2D eigenvalue weighted by Gasteiger charge is -2.07. The molecule has 4 nitrogen and oxygen atoms in total. The highest BCUT2D eigenvalue weighted by molar-refractivity contribution is 7.80. The number of hydrogen-bond donors (Lipinski definition) is 3. The number of thiocarbonyl (C=S) groups is 1. The Morgan fingerprint density at radius 3 is 2.58 bits per heavy atom. The van der Waals surface area contributed by atoms with Gasteiger partial charge in [0.2, 0.25) is 5.91 Å². The van der Waals surface area contributed by atoms with Crippen molar-refractivity contribution in [3.8, 4) is 0 Å². The number of hydrogen-bond acceptors (Lipinski definition) is 3. The molecule has 1 saturated carbocycles. The normalized spacial score (nSPS) is 13.9. The summed E-state index contributed by atoms with van der Waals surface area (Å²) < 4.78 is 0. The van der Waals surface area contributed by atoms with Gasteiger partial charge in [-0.1, -0.05) is 12.2 Å². The van der Waals surface area contributed by atoms with E-state index in [1.165, 1.54) is 0 Å². The van der Waals surface area contributed by atoms with Gasteiger partial charge in [-0.25, -0.2) is 0 Å². The molecular weight excluding hydrogens is 258 g/mol. The molecule has 1 amide bonds. The lowest BCUT2D eigenvalue weighted by molar-refractivity contribution is -0.121. The van der Waals surface area contributed by atoms with Crippen LogP contribution in [0.25, 0.3) is 0 Å². The Labute approximate surface area is 118 Å². The molecule has 0 bridgehead atoms. The highest BCUT2D eigenvalue weighted by atomic mass is 32.1. The van der Waals surface area contributed by atoms with Gasteiger partial charge < -0.3 is 16.4 Å². The van der Waals surface area contributed by atoms with Crippen molar-refractivity contribution in [2.45, 2.75) is 31.7 Å². The fourth-order valence-electron chi connectivity index (χ4n) is 1.76. The molecule has 0 aliphatic heterocycles. The van der Waals surface area contributed by atoms with Gasteiger partial charge in [-0.05, 0) is 43.5 Å². The predicted octanol–water partition coefficient (Wildman–Crippen LogP) is 1.79. The van der Waals surface area contributed by atoms with Gasteiger partial charge in [0.25, 0.3) is 0 Å². The lowest BCUT2D eigenvalue weighted by atomic mass is 10.2. The number of carbonyl (C=O) groups is 1. The second-order valence-corrected chi connectivity index (χ2v) is 5.25. The molecular formula is C14H19N3OS. The second kappa shape index (κ2) is 6.52. The highest BCUT2D eigenvalue weighted by Gasteiger charge is 2.22. The first kappa shape index (κ1) is 13.8. The summed E-state index contributed by atoms with van der Waals surface area (Å²) in [5.41, 5.74) is 7.41. The van der Waals surface area contributed by atoms with Crippen LogP contribution in [0, 0.1) is 0 Å². The van der Waals surface area contributed by atoms with Crippen LogP contribution in [0.15, 0.2) is 24.3 Å². The van der Waals surface area contributed by atoms with Crippen LogP contribution in [0.4, 0.5) is 5.69 Å². The summed E-state index contributed by atoms with van der Waals surface area (Å²) in [5.74, 6) is 0.160. The van der Waals surface area contributed by atoms with Gasteiger partial charge >= 0.3 is 0 Å². The maximum atomic E-state index is 11.5. The van der Waals surface area contributed by atoms with Crippen molar-refractivity contribution in [3.05, 3.63) is 29.8 Å². The van der Waals surface area contributed by atoms with Crippen LogP contribution in [0.1, 0.15) is 31.2 Å². The van der Waals surface area contributed by atoms with Crippen molar-refractivity contribution in [3.63, 3.8) is 0 Å². The average Bonchev–Trinajstić information content (AvgIpc) is 3.19. The number of rotatable bonds is 7. The first-order valence-electron chi connectivity index (χ1n) is 6.58. The van der Waals surface area contributed by atoms with E-state index in [1.54, 1.807) is 0 Å². The fourth-order valence-corrected chi connectivity index (χ4v) is 1.90. The molecule has 2 rings (SSSR count). The van der Waals surface area contributed by atoms with Gasteiger partial charge in [-0.15, -0.1) is 0 Å². The minimum Gasteiger partial charge on any atom is -0.389 e. The van der Waals surface area contributed by atoms with Crippen molar-refractivity contribution in [2.24, 2.45) is 5.73 Å². The number of nitrogens with two attached hydrogens (primary N) is 1. The van der Waals surface area contributed by atoms with Crippen molar-refractivity contribution in [1.82, 2.24) is 5.32 Å². The van der Waals surface area contributed by atoms with Crippen molar-refractivity contribution in [1.29, 1.82) is 0 Å². The number of amides is 1. The van der Waals surface area contributed by atoms with Crippen LogP contribution in [-0.4, -0.2) is 23.5 Å². The predicted molar refractivity (Wildman–Crippen MR) is 81.2 cm³/mol. The minimum atomic E-state index is 0.160. The Hall–Kier alpha value is -1.62. The smallest absolute Gasteiger partial charge is 0.220 e. The van der Waals surface area contributed by atoms with E-state index in [4.69, 9.17) is 18.0 Å². The molecule has 0 saturated heterocycles. The maximum Gasteiger partial charge on any atom is 0.220 e. The van der Waals surface area contributed by atoms with E-state index >= 15 is 0 Å². The van der Waals surface area contributed by atoms with Crippen molar-refractivity contribution in [2.75, 3.05) is 11.9 Å². The van der Waals surface area contributed by atoms with Gasteiger partial charge in [0.15, 0.2) is 0 Å². The third-order valence-electron chi connectivity index (χ3n) is 3.02. The molecule has 4 N–H and O–H groups in total. The molecule has 1 aliphatic carbocycles. The summed E-state index contributed by atoms with van der Waals surface area (Å²) in [5, 5.41) is 6.25. The van der Waals surface area contributed by atoms with E-state index in [0.29, 0.717) is 17.5 Å². The summed E-state index contributed by atoms with van der Waals surface area (Å²) in [4.78, 5) is 11.9. The first-order valence-corrected chi connectivity index (χ1v) is 6.99. The summed E-state index contributed by atoms with van der Waals surface area (Å²) in [7, 11) is 0. The molecule has 1 fully saturated rings. The number of nitrogens with one attached hydrogen (secondary N) is 2. The molecule has 1 aliphatic rings. The van der Waals surface area contributed by atoms with Crippen LogP contribution in [0.3, 0.4) is 0 Å². The molecule has 102 valence electrons. The molecule has 1 aromatic rings. The second-order valence-electron chi connectivity index (χ2n) is 4.81. The molecule has 1 aromatic carbocycles. The molecule has 0 spiro atoms. The lowest BCUT2D eigenvalue weighted by Crippen LogP contribution is -2.25. The Morgan fingerprint density at radius 2 is 2.00 bits per heavy atom. The van der Waals surface area contributed by atoms with E-state index in [1.807, 2.05) is 24.3 Å². The first-order chi connectivity index (χ1) is 9.15. The summed E-state index contributed by atoms with van der Waals surface area (Å²) in [6, 6.07) is 8.13. The Kier molecular flexibility index (Phi) is 4.74. The van der Waals surface area contributed by atoms with Gasteiger partial charge in [-0.3, -0.25) is 4.79 Å². The topological polar surface area (TPSA) is 67.1 Å². The van der Waals surface area contributed by atoms with E-state index in [2.05, 4.69) is 10.6 Å². The summed E-state index contributed by atoms with van der Waals surface area (Å²) in [6.45, 7) is 0.782. The zero-order chi connectivity index (χ0) is 13.7. The molecule has 0 unspecified atom stereocenters. The van der Waals surface area contributed by atoms with Crippen molar-refractivity contribution < 1.29 is 4.79 Å². The van der Waals surface area contributed by atoms with E-state index < -0.39 is 0 Å². The Bertz CT molecular complexity index is 454. The Morgan fingerprint density at radius 1 is 1.32 bits per heavy atom. The van der Waals surface area contributed by atoms with Gasteiger partial charge in [0, 0.05) is 30.3 Å². The monoisotopic (exact) mass is 277 g/mol. The van der Waals surface area contributed by atoms with Crippen molar-refractivity contribution >= 4 is 28.8 Å². The van der Waals surface area contributed by atoms with Gasteiger partial charge in [-0.2, -0.15) is 0 Å². The standard InChI is InChI=1S/C14H19N3OS/c15-14(19)10-3-5-11(6-4-10)16-9-1-2-13(18)17-12-7-8-12/h3-6,12,16H,1-2,7-9H2,(H2,15,19)(H,17,18). The molecule has 19 heavy (non-hydrogen) atoms. The summed E-state index contributed by atoms with van der Waals surface area (Å²) >= 11 is 4.89. The maximum absolute atomic E-state index is 11.5. The molecule has 0 radical (unpaired) electrons. The minimum absolute atomic E-state index is 0.160. The van der Waals surface area contributed by atoms with E-state index in [9.17, 15) is 4.79 Å². The molecule has 0 atom stereocenters. The fraction of sp³-hybridized carbons (Fsp3) is 0.429. The number of anilines is 1. The molecule has 5 heteroatoms. The zero-order valence-electron chi connectivity index (χ0n) is 10.8. The third-order valence-corrected chi connectivity index (χ3v) is 3.26. The van der Waals surface area contributed by atoms with Crippen LogP contribution in [-0.2, 0) is 4.79 Å². The van der Waals surface area contributed by atoms with Crippen LogP contribution in [0.5, 0.6) is 0 Å².